The Hall–Kier alpha value is -4.29. The van der Waals surface area contributed by atoms with Crippen LogP contribution in [0.5, 0.6) is 11.5 Å². The number of carbonyl (C=O) groups excluding carboxylic acids is 1. The Morgan fingerprint density at radius 1 is 0.974 bits per heavy atom. The van der Waals surface area contributed by atoms with Gasteiger partial charge in [-0.3, -0.25) is 4.79 Å². The van der Waals surface area contributed by atoms with Gasteiger partial charge in [-0.15, -0.1) is 13.2 Å². The molecule has 0 aliphatic carbocycles. The standard InChI is InChI=1S/C26H20F7NO5/c1-14(25(28,29)30)2-11-21(24(36)37)34-23(35)20-9-5-16-12-17(27)6-10-19(16)22(20)38-13-15-3-7-18(8-4-15)39-26(31,32)33/h3-10,12,21H,1-2,11,13H2,(H,34,35)(H,36,37)/t21-/m0/s1. The van der Waals surface area contributed by atoms with Gasteiger partial charge in [-0.05, 0) is 60.2 Å². The van der Waals surface area contributed by atoms with Gasteiger partial charge in [0.1, 0.15) is 30.0 Å². The zero-order valence-electron chi connectivity index (χ0n) is 19.8. The van der Waals surface area contributed by atoms with Crippen molar-refractivity contribution in [1.29, 1.82) is 0 Å². The minimum absolute atomic E-state index is 0.107. The molecule has 3 rings (SSSR count). The Balaban J connectivity index is 1.86. The highest BCUT2D eigenvalue weighted by Gasteiger charge is 2.33. The summed E-state index contributed by atoms with van der Waals surface area (Å²) in [5.74, 6) is -3.74. The third-order valence-electron chi connectivity index (χ3n) is 5.46. The fourth-order valence-electron chi connectivity index (χ4n) is 3.50. The number of aliphatic carboxylic acids is 1. The number of hydrogen-bond acceptors (Lipinski definition) is 4. The van der Waals surface area contributed by atoms with Crippen LogP contribution in [-0.4, -0.2) is 35.6 Å². The topological polar surface area (TPSA) is 84.9 Å². The number of hydrogen-bond donors (Lipinski definition) is 2. The second-order valence-corrected chi connectivity index (χ2v) is 8.29. The van der Waals surface area contributed by atoms with Crippen molar-refractivity contribution in [3.63, 3.8) is 0 Å². The van der Waals surface area contributed by atoms with Gasteiger partial charge in [0, 0.05) is 11.0 Å². The largest absolute Gasteiger partial charge is 0.573 e. The Morgan fingerprint density at radius 3 is 2.23 bits per heavy atom. The number of amides is 1. The van der Waals surface area contributed by atoms with E-state index in [0.29, 0.717) is 10.9 Å². The average Bonchev–Trinajstić information content (AvgIpc) is 2.83. The minimum atomic E-state index is -4.88. The molecule has 0 fully saturated rings. The first kappa shape index (κ1) is 29.3. The van der Waals surface area contributed by atoms with E-state index >= 15 is 0 Å². The Morgan fingerprint density at radius 2 is 1.64 bits per heavy atom. The molecule has 0 aliphatic heterocycles. The van der Waals surface area contributed by atoms with Crippen molar-refractivity contribution in [1.82, 2.24) is 5.32 Å². The van der Waals surface area contributed by atoms with Gasteiger partial charge in [0.15, 0.2) is 0 Å². The highest BCUT2D eigenvalue weighted by atomic mass is 19.4. The molecule has 208 valence electrons. The molecule has 1 amide bonds. The predicted octanol–water partition coefficient (Wildman–Crippen LogP) is 6.54. The van der Waals surface area contributed by atoms with Gasteiger partial charge in [0.25, 0.3) is 5.91 Å². The van der Waals surface area contributed by atoms with E-state index in [2.05, 4.69) is 16.6 Å². The van der Waals surface area contributed by atoms with E-state index in [1.807, 2.05) is 0 Å². The Kier molecular flexibility index (Phi) is 8.72. The summed E-state index contributed by atoms with van der Waals surface area (Å²) in [7, 11) is 0. The van der Waals surface area contributed by atoms with Crippen LogP contribution in [0.15, 0.2) is 66.7 Å². The molecule has 0 aliphatic rings. The third kappa shape index (κ3) is 8.09. The predicted molar refractivity (Wildman–Crippen MR) is 125 cm³/mol. The number of carboxylic acid groups (broad SMARTS) is 1. The summed E-state index contributed by atoms with van der Waals surface area (Å²) < 4.78 is 98.7. The van der Waals surface area contributed by atoms with Gasteiger partial charge in [0.05, 0.1) is 5.56 Å². The molecular weight excluding hydrogens is 539 g/mol. The van der Waals surface area contributed by atoms with Crippen molar-refractivity contribution in [2.45, 2.75) is 38.0 Å². The van der Waals surface area contributed by atoms with Crippen LogP contribution in [0.25, 0.3) is 10.8 Å². The summed E-state index contributed by atoms with van der Waals surface area (Å²) in [6.45, 7) is 2.61. The first-order valence-corrected chi connectivity index (χ1v) is 11.1. The van der Waals surface area contributed by atoms with Gasteiger partial charge >= 0.3 is 18.5 Å². The van der Waals surface area contributed by atoms with Crippen molar-refractivity contribution in [3.05, 3.63) is 83.7 Å². The molecule has 0 aromatic heterocycles. The van der Waals surface area contributed by atoms with Crippen molar-refractivity contribution in [3.8, 4) is 11.5 Å². The van der Waals surface area contributed by atoms with E-state index in [-0.39, 0.29) is 23.3 Å². The number of fused-ring (bicyclic) bond motifs is 1. The molecule has 1 atom stereocenters. The van der Waals surface area contributed by atoms with E-state index in [4.69, 9.17) is 4.74 Å². The maximum atomic E-state index is 13.8. The summed E-state index contributed by atoms with van der Waals surface area (Å²) in [5, 5.41) is 12.1. The van der Waals surface area contributed by atoms with Gasteiger partial charge in [-0.2, -0.15) is 13.2 Å². The normalized spacial score (nSPS) is 12.6. The number of carbonyl (C=O) groups is 2. The summed E-state index contributed by atoms with van der Waals surface area (Å²) in [6.07, 6.45) is -10.9. The second kappa shape index (κ2) is 11.6. The number of benzene rings is 3. The number of allylic oxidation sites excluding steroid dienone is 1. The molecule has 0 heterocycles. The average molecular weight is 559 g/mol. The molecule has 0 saturated heterocycles. The van der Waals surface area contributed by atoms with E-state index < -0.39 is 60.4 Å². The van der Waals surface area contributed by atoms with Gasteiger partial charge in [-0.25, -0.2) is 9.18 Å². The number of ether oxygens (including phenoxy) is 2. The number of halogens is 7. The zero-order chi connectivity index (χ0) is 29.0. The second-order valence-electron chi connectivity index (χ2n) is 8.29. The van der Waals surface area contributed by atoms with Crippen LogP contribution < -0.4 is 14.8 Å². The Bertz CT molecular complexity index is 1370. The minimum Gasteiger partial charge on any atom is -0.487 e. The highest BCUT2D eigenvalue weighted by Crippen LogP contribution is 2.32. The SMILES string of the molecule is C=C(CC[C@H](NC(=O)c1ccc2cc(F)ccc2c1OCc1ccc(OC(F)(F)F)cc1)C(=O)O)C(F)(F)F. The molecule has 13 heteroatoms. The van der Waals surface area contributed by atoms with Crippen molar-refractivity contribution >= 4 is 22.6 Å². The quantitative estimate of drug-likeness (QED) is 0.218. The first-order chi connectivity index (χ1) is 18.1. The van der Waals surface area contributed by atoms with E-state index in [0.717, 1.165) is 24.3 Å². The van der Waals surface area contributed by atoms with Crippen molar-refractivity contribution in [2.24, 2.45) is 0 Å². The van der Waals surface area contributed by atoms with E-state index in [1.165, 1.54) is 30.3 Å². The molecule has 0 radical (unpaired) electrons. The highest BCUT2D eigenvalue weighted by molar-refractivity contribution is 6.04. The molecule has 39 heavy (non-hydrogen) atoms. The summed E-state index contributed by atoms with van der Waals surface area (Å²) >= 11 is 0. The van der Waals surface area contributed by atoms with Crippen LogP contribution in [0, 0.1) is 5.82 Å². The zero-order valence-corrected chi connectivity index (χ0v) is 19.8. The maximum Gasteiger partial charge on any atom is 0.573 e. The summed E-state index contributed by atoms with van der Waals surface area (Å²) in [5.41, 5.74) is -0.998. The Labute approximate surface area is 216 Å². The van der Waals surface area contributed by atoms with Crippen LogP contribution in [-0.2, 0) is 11.4 Å². The van der Waals surface area contributed by atoms with Gasteiger partial charge in [0.2, 0.25) is 0 Å². The lowest BCUT2D eigenvalue weighted by Crippen LogP contribution is -2.41. The fraction of sp³-hybridized carbons (Fsp3) is 0.231. The van der Waals surface area contributed by atoms with Crippen molar-refractivity contribution < 1.29 is 54.9 Å². The smallest absolute Gasteiger partial charge is 0.487 e. The number of nitrogens with one attached hydrogen (secondary N) is 1. The number of rotatable bonds is 10. The van der Waals surface area contributed by atoms with Gasteiger partial charge < -0.3 is 19.9 Å². The molecule has 0 saturated carbocycles. The molecule has 0 bridgehead atoms. The lowest BCUT2D eigenvalue weighted by molar-refractivity contribution is -0.274. The summed E-state index contributed by atoms with van der Waals surface area (Å²) in [6, 6.07) is 9.08. The number of alkyl halides is 6. The van der Waals surface area contributed by atoms with Crippen LogP contribution in [0.1, 0.15) is 28.8 Å². The molecule has 3 aromatic rings. The van der Waals surface area contributed by atoms with E-state index in [9.17, 15) is 45.4 Å². The van der Waals surface area contributed by atoms with Crippen LogP contribution in [0.2, 0.25) is 0 Å². The maximum absolute atomic E-state index is 13.8. The summed E-state index contributed by atoms with van der Waals surface area (Å²) in [4.78, 5) is 24.6. The van der Waals surface area contributed by atoms with Crippen LogP contribution in [0.3, 0.4) is 0 Å². The molecule has 0 spiro atoms. The third-order valence-corrected chi connectivity index (χ3v) is 5.46. The van der Waals surface area contributed by atoms with Gasteiger partial charge in [-0.1, -0.05) is 24.8 Å². The molecule has 0 unspecified atom stereocenters. The van der Waals surface area contributed by atoms with Crippen LogP contribution in [0.4, 0.5) is 30.7 Å². The number of carboxylic acids is 1. The monoisotopic (exact) mass is 559 g/mol. The molecule has 6 nitrogen and oxygen atoms in total. The lowest BCUT2D eigenvalue weighted by atomic mass is 10.0. The van der Waals surface area contributed by atoms with E-state index in [1.54, 1.807) is 0 Å². The van der Waals surface area contributed by atoms with Crippen LogP contribution >= 0.6 is 0 Å². The van der Waals surface area contributed by atoms with Crippen molar-refractivity contribution in [2.75, 3.05) is 0 Å². The fourth-order valence-corrected chi connectivity index (χ4v) is 3.50. The molecular formula is C26H20F7NO5. The lowest BCUT2D eigenvalue weighted by Gasteiger charge is -2.19. The molecule has 2 N–H and O–H groups in total. The first-order valence-electron chi connectivity index (χ1n) is 11.1. The molecule has 3 aromatic carbocycles.